The Bertz CT molecular complexity index is 519. The normalized spacial score (nSPS) is 19.9. The minimum absolute atomic E-state index is 0.127. The molecule has 7 heteroatoms. The summed E-state index contributed by atoms with van der Waals surface area (Å²) in [5.41, 5.74) is 6.39. The summed E-state index contributed by atoms with van der Waals surface area (Å²) in [6.45, 7) is 3.00. The summed E-state index contributed by atoms with van der Waals surface area (Å²) in [5.74, 6) is 0. The number of carbonyl (C=O) groups is 1. The Labute approximate surface area is 120 Å². The van der Waals surface area contributed by atoms with Crippen LogP contribution in [0.5, 0.6) is 0 Å². The molecule has 2 atom stereocenters. The van der Waals surface area contributed by atoms with E-state index in [0.29, 0.717) is 30.7 Å². The van der Waals surface area contributed by atoms with Crippen molar-refractivity contribution in [2.24, 2.45) is 5.73 Å². The summed E-state index contributed by atoms with van der Waals surface area (Å²) in [7, 11) is 0. The predicted octanol–water partition coefficient (Wildman–Crippen LogP) is 2.48. The molecule has 1 aliphatic heterocycles. The van der Waals surface area contributed by atoms with Gasteiger partial charge in [0.15, 0.2) is 0 Å². The van der Waals surface area contributed by atoms with Crippen LogP contribution in [0.3, 0.4) is 0 Å². The molecular weight excluding hydrogens is 285 g/mol. The lowest BCUT2D eigenvalue weighted by atomic mass is 9.94. The number of hydrogen-bond acceptors (Lipinski definition) is 4. The minimum atomic E-state index is -4.39. The molecule has 1 aliphatic rings. The van der Waals surface area contributed by atoms with E-state index >= 15 is 0 Å². The average Bonchev–Trinajstić information content (AvgIpc) is 2.44. The number of carbonyl (C=O) groups excluding carboxylic acids is 1. The quantitative estimate of drug-likeness (QED) is 0.868. The van der Waals surface area contributed by atoms with Gasteiger partial charge in [0, 0.05) is 18.3 Å². The minimum Gasteiger partial charge on any atom is -0.466 e. The number of anilines is 1. The highest BCUT2D eigenvalue weighted by Gasteiger charge is 2.33. The SMILES string of the molecule is CC(COC=O)N1CCC(N)c2cc(C(F)(F)F)ccc21. The molecule has 2 rings (SSSR count). The predicted molar refractivity (Wildman–Crippen MR) is 71.8 cm³/mol. The first-order chi connectivity index (χ1) is 9.84. The molecule has 116 valence electrons. The molecule has 0 aliphatic carbocycles. The lowest BCUT2D eigenvalue weighted by Crippen LogP contribution is -2.42. The smallest absolute Gasteiger partial charge is 0.416 e. The standard InChI is InChI=1S/C14H17F3N2O2/c1-9(7-21-8-20)19-5-4-12(18)11-6-10(14(15,16)17)2-3-13(11)19/h2-3,6,8-9,12H,4-5,7,18H2,1H3. The van der Waals surface area contributed by atoms with E-state index in [-0.39, 0.29) is 12.6 Å². The number of nitrogens with zero attached hydrogens (tertiary/aromatic N) is 1. The van der Waals surface area contributed by atoms with Gasteiger partial charge in [0.25, 0.3) is 6.47 Å². The highest BCUT2D eigenvalue weighted by Crippen LogP contribution is 2.38. The van der Waals surface area contributed by atoms with Gasteiger partial charge in [-0.05, 0) is 37.1 Å². The molecule has 2 N–H and O–H groups in total. The van der Waals surface area contributed by atoms with Gasteiger partial charge in [-0.3, -0.25) is 4.79 Å². The van der Waals surface area contributed by atoms with Gasteiger partial charge < -0.3 is 15.4 Å². The van der Waals surface area contributed by atoms with Gasteiger partial charge in [0.2, 0.25) is 0 Å². The lowest BCUT2D eigenvalue weighted by Gasteiger charge is -2.38. The summed E-state index contributed by atoms with van der Waals surface area (Å²) >= 11 is 0. The third-order valence-electron chi connectivity index (χ3n) is 3.68. The molecule has 0 saturated heterocycles. The number of alkyl halides is 3. The van der Waals surface area contributed by atoms with Crippen LogP contribution in [-0.4, -0.2) is 25.7 Å². The number of benzene rings is 1. The topological polar surface area (TPSA) is 55.6 Å². The molecule has 0 amide bonds. The molecule has 1 aromatic carbocycles. The van der Waals surface area contributed by atoms with Crippen molar-refractivity contribution in [1.29, 1.82) is 0 Å². The maximum absolute atomic E-state index is 12.8. The number of hydrogen-bond donors (Lipinski definition) is 1. The molecule has 21 heavy (non-hydrogen) atoms. The average molecular weight is 302 g/mol. The van der Waals surface area contributed by atoms with Crippen molar-refractivity contribution in [1.82, 2.24) is 0 Å². The second kappa shape index (κ2) is 5.93. The molecule has 2 unspecified atom stereocenters. The zero-order chi connectivity index (χ0) is 15.6. The number of rotatable bonds is 4. The van der Waals surface area contributed by atoms with Gasteiger partial charge >= 0.3 is 6.18 Å². The first-order valence-electron chi connectivity index (χ1n) is 6.63. The van der Waals surface area contributed by atoms with E-state index in [1.807, 2.05) is 11.8 Å². The zero-order valence-electron chi connectivity index (χ0n) is 11.6. The third-order valence-corrected chi connectivity index (χ3v) is 3.68. The molecule has 0 spiro atoms. The van der Waals surface area contributed by atoms with Gasteiger partial charge in [-0.25, -0.2) is 0 Å². The highest BCUT2D eigenvalue weighted by atomic mass is 19.4. The van der Waals surface area contributed by atoms with Crippen LogP contribution in [-0.2, 0) is 15.7 Å². The Kier molecular flexibility index (Phi) is 4.41. The Hall–Kier alpha value is -1.76. The summed E-state index contributed by atoms with van der Waals surface area (Å²) in [6.07, 6.45) is -3.83. The molecular formula is C14H17F3N2O2. The summed E-state index contributed by atoms with van der Waals surface area (Å²) in [5, 5.41) is 0. The van der Waals surface area contributed by atoms with Crippen molar-refractivity contribution < 1.29 is 22.7 Å². The molecule has 0 bridgehead atoms. The number of nitrogens with two attached hydrogens (primary N) is 1. The van der Waals surface area contributed by atoms with Crippen LogP contribution in [0.15, 0.2) is 18.2 Å². The van der Waals surface area contributed by atoms with E-state index in [1.165, 1.54) is 6.07 Å². The van der Waals surface area contributed by atoms with Crippen molar-refractivity contribution in [3.63, 3.8) is 0 Å². The highest BCUT2D eigenvalue weighted by molar-refractivity contribution is 5.59. The number of fused-ring (bicyclic) bond motifs is 1. The first kappa shape index (κ1) is 15.6. The molecule has 0 saturated carbocycles. The van der Waals surface area contributed by atoms with Crippen molar-refractivity contribution in [2.45, 2.75) is 31.6 Å². The Morgan fingerprint density at radius 1 is 1.52 bits per heavy atom. The number of ether oxygens (including phenoxy) is 1. The Balaban J connectivity index is 2.33. The zero-order valence-corrected chi connectivity index (χ0v) is 11.6. The van der Waals surface area contributed by atoms with Crippen molar-refractivity contribution in [3.05, 3.63) is 29.3 Å². The summed E-state index contributed by atoms with van der Waals surface area (Å²) in [6, 6.07) is 3.06. The van der Waals surface area contributed by atoms with E-state index in [1.54, 1.807) is 0 Å². The van der Waals surface area contributed by atoms with E-state index in [2.05, 4.69) is 0 Å². The Morgan fingerprint density at radius 2 is 2.24 bits per heavy atom. The van der Waals surface area contributed by atoms with Gasteiger partial charge in [-0.1, -0.05) is 0 Å². The molecule has 4 nitrogen and oxygen atoms in total. The van der Waals surface area contributed by atoms with Crippen LogP contribution in [0, 0.1) is 0 Å². The molecule has 0 radical (unpaired) electrons. The maximum atomic E-state index is 12.8. The third kappa shape index (κ3) is 3.29. The van der Waals surface area contributed by atoms with Crippen LogP contribution in [0.2, 0.25) is 0 Å². The van der Waals surface area contributed by atoms with E-state index in [0.717, 1.165) is 12.1 Å². The van der Waals surface area contributed by atoms with Crippen LogP contribution in [0.1, 0.15) is 30.5 Å². The Morgan fingerprint density at radius 3 is 2.86 bits per heavy atom. The van der Waals surface area contributed by atoms with E-state index in [4.69, 9.17) is 10.5 Å². The van der Waals surface area contributed by atoms with E-state index < -0.39 is 17.8 Å². The van der Waals surface area contributed by atoms with Crippen LogP contribution in [0.25, 0.3) is 0 Å². The van der Waals surface area contributed by atoms with Gasteiger partial charge in [0.1, 0.15) is 6.61 Å². The van der Waals surface area contributed by atoms with Crippen molar-refractivity contribution >= 4 is 12.2 Å². The second-order valence-corrected chi connectivity index (χ2v) is 5.14. The van der Waals surface area contributed by atoms with Gasteiger partial charge in [0.05, 0.1) is 11.6 Å². The fourth-order valence-electron chi connectivity index (χ4n) is 2.57. The number of halogens is 3. The largest absolute Gasteiger partial charge is 0.466 e. The van der Waals surface area contributed by atoms with Gasteiger partial charge in [-0.2, -0.15) is 13.2 Å². The van der Waals surface area contributed by atoms with Gasteiger partial charge in [-0.15, -0.1) is 0 Å². The monoisotopic (exact) mass is 302 g/mol. The van der Waals surface area contributed by atoms with E-state index in [9.17, 15) is 18.0 Å². The summed E-state index contributed by atoms with van der Waals surface area (Å²) in [4.78, 5) is 12.2. The maximum Gasteiger partial charge on any atom is 0.416 e. The molecule has 0 fully saturated rings. The first-order valence-corrected chi connectivity index (χ1v) is 6.63. The lowest BCUT2D eigenvalue weighted by molar-refractivity contribution is -0.137. The molecule has 0 aromatic heterocycles. The van der Waals surface area contributed by atoms with Crippen LogP contribution in [0.4, 0.5) is 18.9 Å². The summed E-state index contributed by atoms with van der Waals surface area (Å²) < 4.78 is 43.1. The van der Waals surface area contributed by atoms with Crippen LogP contribution < -0.4 is 10.6 Å². The molecule has 1 heterocycles. The fourth-order valence-corrected chi connectivity index (χ4v) is 2.57. The fraction of sp³-hybridized carbons (Fsp3) is 0.500. The van der Waals surface area contributed by atoms with Crippen molar-refractivity contribution in [2.75, 3.05) is 18.1 Å². The second-order valence-electron chi connectivity index (χ2n) is 5.14. The van der Waals surface area contributed by atoms with Crippen LogP contribution >= 0.6 is 0 Å². The van der Waals surface area contributed by atoms with Crippen molar-refractivity contribution in [3.8, 4) is 0 Å². The molecule has 1 aromatic rings.